The van der Waals surface area contributed by atoms with Crippen LogP contribution in [0.2, 0.25) is 0 Å². The van der Waals surface area contributed by atoms with E-state index in [0.29, 0.717) is 0 Å². The number of likely N-dealkylation sites (N-methyl/N-ethyl adjacent to an activating group) is 1. The molecule has 10 nitrogen and oxygen atoms in total. The first-order valence-corrected chi connectivity index (χ1v) is 7.97. The zero-order valence-corrected chi connectivity index (χ0v) is 15.7. The maximum Gasteiger partial charge on any atom is 0.303 e. The van der Waals surface area contributed by atoms with Gasteiger partial charge in [0.2, 0.25) is 5.91 Å². The minimum absolute atomic E-state index is 0.249. The number of hydrogen-bond donors (Lipinski definition) is 0. The molecule has 148 valence electrons. The Morgan fingerprint density at radius 2 is 1.46 bits per heavy atom. The fourth-order valence-corrected chi connectivity index (χ4v) is 2.70. The van der Waals surface area contributed by atoms with Gasteiger partial charge in [-0.1, -0.05) is 0 Å². The van der Waals surface area contributed by atoms with Crippen LogP contribution in [-0.4, -0.2) is 80.1 Å². The van der Waals surface area contributed by atoms with Crippen LogP contribution >= 0.6 is 0 Å². The maximum atomic E-state index is 11.9. The quantitative estimate of drug-likeness (QED) is 0.452. The lowest BCUT2D eigenvalue weighted by Crippen LogP contribution is -2.66. The van der Waals surface area contributed by atoms with Crippen molar-refractivity contribution in [1.82, 2.24) is 4.90 Å². The number of amides is 1. The average Bonchev–Trinajstić information content (AvgIpc) is 2.52. The Kier molecular flexibility index (Phi) is 7.97. The second-order valence-electron chi connectivity index (χ2n) is 5.85. The fourth-order valence-electron chi connectivity index (χ4n) is 2.70. The van der Waals surface area contributed by atoms with Crippen LogP contribution in [0.25, 0.3) is 0 Å². The molecule has 26 heavy (non-hydrogen) atoms. The average molecular weight is 375 g/mol. The van der Waals surface area contributed by atoms with Crippen LogP contribution in [-0.2, 0) is 42.9 Å². The molecule has 0 aromatic carbocycles. The van der Waals surface area contributed by atoms with Crippen molar-refractivity contribution < 1.29 is 42.9 Å². The number of rotatable bonds is 6. The highest BCUT2D eigenvalue weighted by Crippen LogP contribution is 2.30. The number of ether oxygens (including phenoxy) is 5. The third kappa shape index (κ3) is 5.67. The van der Waals surface area contributed by atoms with Crippen molar-refractivity contribution in [3.05, 3.63) is 0 Å². The van der Waals surface area contributed by atoms with Crippen molar-refractivity contribution in [3.63, 3.8) is 0 Å². The van der Waals surface area contributed by atoms with E-state index in [0.717, 1.165) is 0 Å². The van der Waals surface area contributed by atoms with Crippen molar-refractivity contribution >= 4 is 23.8 Å². The van der Waals surface area contributed by atoms with Gasteiger partial charge in [0.25, 0.3) is 0 Å². The Balaban J connectivity index is 3.29. The zero-order valence-electron chi connectivity index (χ0n) is 15.7. The van der Waals surface area contributed by atoms with Crippen molar-refractivity contribution in [2.45, 2.75) is 58.3 Å². The summed E-state index contributed by atoms with van der Waals surface area (Å²) < 4.78 is 26.6. The summed E-state index contributed by atoms with van der Waals surface area (Å²) in [5.41, 5.74) is 0. The van der Waals surface area contributed by atoms with Crippen LogP contribution in [0.4, 0.5) is 0 Å². The van der Waals surface area contributed by atoms with Crippen LogP contribution < -0.4 is 0 Å². The van der Waals surface area contributed by atoms with E-state index in [4.69, 9.17) is 23.7 Å². The first-order chi connectivity index (χ1) is 12.1. The normalized spacial score (nSPS) is 28.0. The zero-order chi connectivity index (χ0) is 20.0. The molecule has 0 unspecified atom stereocenters. The molecule has 0 spiro atoms. The smallest absolute Gasteiger partial charge is 0.303 e. The van der Waals surface area contributed by atoms with E-state index in [1.165, 1.54) is 46.8 Å². The number of carbonyl (C=O) groups is 4. The number of esters is 3. The van der Waals surface area contributed by atoms with E-state index < -0.39 is 48.6 Å². The minimum atomic E-state index is -1.10. The Bertz CT molecular complexity index is 550. The SMILES string of the molecule is CO[C@@H]1O[C@H](COC(C)=O)[C@@H](OC(C)=O)[C@H](OC(C)=O)[C@H]1N(C)C(C)=O. The van der Waals surface area contributed by atoms with Crippen molar-refractivity contribution in [2.75, 3.05) is 20.8 Å². The molecule has 0 N–H and O–H groups in total. The Labute approximate surface area is 151 Å². The molecule has 0 radical (unpaired) electrons. The largest absolute Gasteiger partial charge is 0.463 e. The Morgan fingerprint density at radius 1 is 0.923 bits per heavy atom. The molecular weight excluding hydrogens is 350 g/mol. The molecule has 1 amide bonds. The molecule has 1 fully saturated rings. The van der Waals surface area contributed by atoms with Crippen LogP contribution in [0.15, 0.2) is 0 Å². The minimum Gasteiger partial charge on any atom is -0.463 e. The summed E-state index contributed by atoms with van der Waals surface area (Å²) in [6, 6.07) is -0.876. The van der Waals surface area contributed by atoms with Crippen LogP contribution in [0, 0.1) is 0 Å². The van der Waals surface area contributed by atoms with Crippen LogP contribution in [0.5, 0.6) is 0 Å². The molecule has 1 aliphatic heterocycles. The van der Waals surface area contributed by atoms with Gasteiger partial charge in [-0.3, -0.25) is 19.2 Å². The summed E-state index contributed by atoms with van der Waals surface area (Å²) in [5.74, 6) is -2.19. The lowest BCUT2D eigenvalue weighted by molar-refractivity contribution is -0.283. The summed E-state index contributed by atoms with van der Waals surface area (Å²) in [6.45, 7) is 4.66. The van der Waals surface area contributed by atoms with E-state index in [1.807, 2.05) is 0 Å². The van der Waals surface area contributed by atoms with Crippen molar-refractivity contribution in [2.24, 2.45) is 0 Å². The second kappa shape index (κ2) is 9.48. The third-order valence-electron chi connectivity index (χ3n) is 3.85. The summed E-state index contributed by atoms with van der Waals surface area (Å²) in [7, 11) is 2.83. The van der Waals surface area contributed by atoms with Crippen LogP contribution in [0.3, 0.4) is 0 Å². The number of hydrogen-bond acceptors (Lipinski definition) is 9. The highest BCUT2D eigenvalue weighted by molar-refractivity contribution is 5.73. The van der Waals surface area contributed by atoms with Gasteiger partial charge >= 0.3 is 17.9 Å². The van der Waals surface area contributed by atoms with E-state index in [2.05, 4.69) is 0 Å². The van der Waals surface area contributed by atoms with Crippen LogP contribution in [0.1, 0.15) is 27.7 Å². The van der Waals surface area contributed by atoms with Crippen molar-refractivity contribution in [3.8, 4) is 0 Å². The highest BCUT2D eigenvalue weighted by Gasteiger charge is 2.52. The predicted molar refractivity (Wildman–Crippen MR) is 85.6 cm³/mol. The van der Waals surface area contributed by atoms with Gasteiger partial charge in [-0.05, 0) is 0 Å². The molecule has 0 bridgehead atoms. The van der Waals surface area contributed by atoms with Gasteiger partial charge in [0.05, 0.1) is 0 Å². The van der Waals surface area contributed by atoms with Gasteiger partial charge in [0.15, 0.2) is 18.5 Å². The lowest BCUT2D eigenvalue weighted by atomic mass is 9.95. The van der Waals surface area contributed by atoms with E-state index >= 15 is 0 Å². The van der Waals surface area contributed by atoms with E-state index in [-0.39, 0.29) is 12.5 Å². The predicted octanol–water partition coefficient (Wildman–Crippen LogP) is -0.369. The molecule has 0 saturated carbocycles. The molecular formula is C16H25NO9. The Hall–Kier alpha value is -2.20. The van der Waals surface area contributed by atoms with Gasteiger partial charge in [-0.15, -0.1) is 0 Å². The first kappa shape index (κ1) is 21.8. The standard InChI is InChI=1S/C16H25NO9/c1-8(18)17(5)13-15(25-11(4)21)14(24-10(3)20)12(7-23-9(2)19)26-16(13)22-6/h12-16H,7H2,1-6H3/t12-,13-,14-,15-,16-/m1/s1. The van der Waals surface area contributed by atoms with Gasteiger partial charge in [0.1, 0.15) is 18.8 Å². The van der Waals surface area contributed by atoms with Gasteiger partial charge < -0.3 is 28.6 Å². The monoisotopic (exact) mass is 375 g/mol. The summed E-state index contributed by atoms with van der Waals surface area (Å²) >= 11 is 0. The second-order valence-corrected chi connectivity index (χ2v) is 5.85. The topological polar surface area (TPSA) is 118 Å². The lowest BCUT2D eigenvalue weighted by Gasteiger charge is -2.47. The Morgan fingerprint density at radius 3 is 1.88 bits per heavy atom. The molecule has 5 atom stereocenters. The molecule has 1 heterocycles. The first-order valence-electron chi connectivity index (χ1n) is 7.97. The molecule has 0 aliphatic carbocycles. The number of carbonyl (C=O) groups excluding carboxylic acids is 4. The van der Waals surface area contributed by atoms with E-state index in [1.54, 1.807) is 0 Å². The van der Waals surface area contributed by atoms with Gasteiger partial charge in [0, 0.05) is 41.9 Å². The molecule has 1 rings (SSSR count). The molecule has 1 saturated heterocycles. The molecule has 10 heteroatoms. The summed E-state index contributed by atoms with van der Waals surface area (Å²) in [6.07, 6.45) is -4.13. The maximum absolute atomic E-state index is 11.9. The number of nitrogens with zero attached hydrogens (tertiary/aromatic N) is 1. The molecule has 1 aliphatic rings. The van der Waals surface area contributed by atoms with Gasteiger partial charge in [-0.2, -0.15) is 0 Å². The molecule has 0 aromatic heterocycles. The van der Waals surface area contributed by atoms with E-state index in [9.17, 15) is 19.2 Å². The summed E-state index contributed by atoms with van der Waals surface area (Å²) in [5, 5.41) is 0. The third-order valence-corrected chi connectivity index (χ3v) is 3.85. The fraction of sp³-hybridized carbons (Fsp3) is 0.750. The molecule has 0 aromatic rings. The van der Waals surface area contributed by atoms with Crippen molar-refractivity contribution in [1.29, 1.82) is 0 Å². The highest BCUT2D eigenvalue weighted by atomic mass is 16.7. The van der Waals surface area contributed by atoms with Gasteiger partial charge in [-0.25, -0.2) is 0 Å². The summed E-state index contributed by atoms with van der Waals surface area (Å²) in [4.78, 5) is 47.4. The number of methoxy groups -OCH3 is 1.